The molecule has 1 aromatic heterocycles. The molecule has 1 fully saturated rings. The Balaban J connectivity index is 1.42. The van der Waals surface area contributed by atoms with Crippen molar-refractivity contribution >= 4 is 41.3 Å². The number of β-lactam (4-membered cyclic amide) rings is 1. The number of hydrogen-bond donors (Lipinski definition) is 4. The van der Waals surface area contributed by atoms with Crippen LogP contribution in [0.15, 0.2) is 52.2 Å². The van der Waals surface area contributed by atoms with Crippen LogP contribution in [0, 0.1) is 0 Å². The first kappa shape index (κ1) is 21.4. The van der Waals surface area contributed by atoms with E-state index >= 15 is 0 Å². The van der Waals surface area contributed by atoms with Gasteiger partial charge in [-0.15, -0.1) is 16.9 Å². The molecule has 12 heteroatoms. The van der Waals surface area contributed by atoms with Crippen LogP contribution in [-0.2, 0) is 14.4 Å². The molecule has 2 aliphatic heterocycles. The molecule has 0 radical (unpaired) electrons. The number of amides is 2. The number of rotatable bonds is 8. The molecule has 4 rings (SSSR count). The number of aromatic nitrogens is 3. The van der Waals surface area contributed by atoms with Crippen LogP contribution in [0.4, 0.5) is 0 Å². The van der Waals surface area contributed by atoms with E-state index in [-0.39, 0.29) is 5.70 Å². The van der Waals surface area contributed by atoms with Crippen molar-refractivity contribution in [3.63, 3.8) is 0 Å². The predicted molar refractivity (Wildman–Crippen MR) is 115 cm³/mol. The molecule has 31 heavy (non-hydrogen) atoms. The van der Waals surface area contributed by atoms with Crippen LogP contribution in [0.1, 0.15) is 24.4 Å². The van der Waals surface area contributed by atoms with Gasteiger partial charge in [-0.05, 0) is 18.4 Å². The van der Waals surface area contributed by atoms with E-state index in [0.717, 1.165) is 0 Å². The SMILES string of the molecule is N[C@H](C(=O)N[C@@H]1C(=O)N2C(C(=O)O)=C(SCSc3c[nH]nn3)CC[C@@H]12)c1ccccc1. The minimum absolute atomic E-state index is 0.00939. The smallest absolute Gasteiger partial charge is 0.353 e. The molecule has 5 N–H and O–H groups in total. The molecule has 2 amide bonds. The van der Waals surface area contributed by atoms with Gasteiger partial charge >= 0.3 is 5.97 Å². The van der Waals surface area contributed by atoms with Crippen LogP contribution in [0.2, 0.25) is 0 Å². The molecule has 1 saturated heterocycles. The Bertz CT molecular complexity index is 1010. The highest BCUT2D eigenvalue weighted by atomic mass is 32.2. The van der Waals surface area contributed by atoms with E-state index in [1.165, 1.54) is 28.4 Å². The normalized spacial score (nSPS) is 21.3. The maximum atomic E-state index is 12.7. The number of benzene rings is 1. The van der Waals surface area contributed by atoms with Gasteiger partial charge in [0.15, 0.2) is 0 Å². The summed E-state index contributed by atoms with van der Waals surface area (Å²) in [6, 6.07) is 6.81. The number of carboxylic acids is 1. The van der Waals surface area contributed by atoms with E-state index in [4.69, 9.17) is 5.73 Å². The average molecular weight is 461 g/mol. The zero-order valence-electron chi connectivity index (χ0n) is 16.2. The lowest BCUT2D eigenvalue weighted by Crippen LogP contribution is -2.72. The van der Waals surface area contributed by atoms with Crippen molar-refractivity contribution in [3.05, 3.63) is 52.7 Å². The zero-order chi connectivity index (χ0) is 22.0. The van der Waals surface area contributed by atoms with Crippen molar-refractivity contribution in [3.8, 4) is 0 Å². The summed E-state index contributed by atoms with van der Waals surface area (Å²) in [6.45, 7) is 0. The highest BCUT2D eigenvalue weighted by molar-refractivity contribution is 8.17. The van der Waals surface area contributed by atoms with Gasteiger partial charge in [-0.25, -0.2) is 4.79 Å². The molecule has 162 valence electrons. The van der Waals surface area contributed by atoms with E-state index in [1.54, 1.807) is 30.5 Å². The number of carboxylic acid groups (broad SMARTS) is 1. The van der Waals surface area contributed by atoms with Crippen molar-refractivity contribution in [2.24, 2.45) is 5.73 Å². The topological polar surface area (TPSA) is 154 Å². The Morgan fingerprint density at radius 2 is 2.10 bits per heavy atom. The van der Waals surface area contributed by atoms with E-state index in [1.807, 2.05) is 6.07 Å². The number of nitrogens with zero attached hydrogens (tertiary/aromatic N) is 3. The molecule has 2 aliphatic rings. The third-order valence-corrected chi connectivity index (χ3v) is 7.35. The molecular formula is C19H20N6O4S2. The minimum Gasteiger partial charge on any atom is -0.477 e. The lowest BCUT2D eigenvalue weighted by molar-refractivity contribution is -0.156. The standard InChI is InChI=1S/C19H20N6O4S2/c20-14(10-4-2-1-3-5-10)17(26)22-15-11-6-7-12(16(19(28)29)25(11)18(15)27)30-9-31-13-8-21-24-23-13/h1-5,8,11,14-15H,6-7,9,20H2,(H,22,26)(H,28,29)(H,21,23,24)/t11-,14-,15-/m0/s1. The maximum absolute atomic E-state index is 12.7. The number of hydrogen-bond acceptors (Lipinski definition) is 8. The summed E-state index contributed by atoms with van der Waals surface area (Å²) < 4.78 is 0. The lowest BCUT2D eigenvalue weighted by atomic mass is 9.86. The number of thioether (sulfide) groups is 2. The summed E-state index contributed by atoms with van der Waals surface area (Å²) in [7, 11) is 0. The van der Waals surface area contributed by atoms with Gasteiger partial charge in [0.2, 0.25) is 5.91 Å². The molecule has 0 spiro atoms. The Morgan fingerprint density at radius 1 is 1.32 bits per heavy atom. The van der Waals surface area contributed by atoms with Crippen molar-refractivity contribution in [2.45, 2.75) is 36.0 Å². The summed E-state index contributed by atoms with van der Waals surface area (Å²) in [5.41, 5.74) is 6.64. The predicted octanol–water partition coefficient (Wildman–Crippen LogP) is 1.07. The number of nitrogens with one attached hydrogen (secondary N) is 2. The molecule has 3 atom stereocenters. The second kappa shape index (κ2) is 9.12. The Hall–Kier alpha value is -2.83. The quantitative estimate of drug-likeness (QED) is 0.257. The fraction of sp³-hybridized carbons (Fsp3) is 0.316. The lowest BCUT2D eigenvalue weighted by Gasteiger charge is -2.50. The van der Waals surface area contributed by atoms with Crippen molar-refractivity contribution < 1.29 is 19.5 Å². The van der Waals surface area contributed by atoms with E-state index in [2.05, 4.69) is 20.7 Å². The first-order chi connectivity index (χ1) is 15.0. The second-order valence-corrected chi connectivity index (χ2v) is 9.42. The molecule has 3 heterocycles. The van der Waals surface area contributed by atoms with Crippen LogP contribution in [0.25, 0.3) is 0 Å². The van der Waals surface area contributed by atoms with Crippen LogP contribution in [0.3, 0.4) is 0 Å². The fourth-order valence-corrected chi connectivity index (χ4v) is 5.75. The number of nitrogens with two attached hydrogens (primary N) is 1. The van der Waals surface area contributed by atoms with E-state index in [9.17, 15) is 19.5 Å². The van der Waals surface area contributed by atoms with Gasteiger partial charge in [0.05, 0.1) is 17.3 Å². The Labute approximate surface area is 186 Å². The van der Waals surface area contributed by atoms with Crippen molar-refractivity contribution in [1.29, 1.82) is 0 Å². The third-order valence-electron chi connectivity index (χ3n) is 5.17. The second-order valence-electron chi connectivity index (χ2n) is 6.98. The van der Waals surface area contributed by atoms with Gasteiger partial charge < -0.3 is 16.2 Å². The molecule has 10 nitrogen and oxygen atoms in total. The average Bonchev–Trinajstić information content (AvgIpc) is 3.30. The fourth-order valence-electron chi connectivity index (χ4n) is 3.65. The van der Waals surface area contributed by atoms with Crippen molar-refractivity contribution in [1.82, 2.24) is 25.6 Å². The van der Waals surface area contributed by atoms with Gasteiger partial charge in [0, 0.05) is 4.91 Å². The molecule has 1 aromatic carbocycles. The summed E-state index contributed by atoms with van der Waals surface area (Å²) in [4.78, 5) is 39.1. The highest BCUT2D eigenvalue weighted by Gasteiger charge is 2.53. The van der Waals surface area contributed by atoms with Crippen molar-refractivity contribution in [2.75, 3.05) is 5.08 Å². The first-order valence-corrected chi connectivity index (χ1v) is 11.5. The molecule has 0 aliphatic carbocycles. The number of carbonyl (C=O) groups is 3. The third kappa shape index (κ3) is 4.31. The largest absolute Gasteiger partial charge is 0.477 e. The summed E-state index contributed by atoms with van der Waals surface area (Å²) in [6.07, 6.45) is 2.73. The monoisotopic (exact) mass is 460 g/mol. The molecule has 2 aromatic rings. The van der Waals surface area contributed by atoms with E-state index in [0.29, 0.717) is 33.4 Å². The highest BCUT2D eigenvalue weighted by Crippen LogP contribution is 2.42. The number of carbonyl (C=O) groups excluding carboxylic acids is 2. The first-order valence-electron chi connectivity index (χ1n) is 9.50. The minimum atomic E-state index is -1.15. The summed E-state index contributed by atoms with van der Waals surface area (Å²) in [5.74, 6) is -2.05. The summed E-state index contributed by atoms with van der Waals surface area (Å²) >= 11 is 2.79. The number of aromatic amines is 1. The number of fused-ring (bicyclic) bond motifs is 1. The Kier molecular flexibility index (Phi) is 6.30. The number of H-pyrrole nitrogens is 1. The molecule has 0 saturated carbocycles. The van der Waals surface area contributed by atoms with Gasteiger partial charge in [-0.3, -0.25) is 19.6 Å². The summed E-state index contributed by atoms with van der Waals surface area (Å²) in [5, 5.41) is 23.8. The van der Waals surface area contributed by atoms with Gasteiger partial charge in [0.1, 0.15) is 22.8 Å². The number of allylic oxidation sites excluding steroid dienone is 1. The van der Waals surface area contributed by atoms with Crippen LogP contribution in [-0.4, -0.2) is 60.4 Å². The molecule has 0 unspecified atom stereocenters. The number of aliphatic carboxylic acids is 1. The maximum Gasteiger partial charge on any atom is 0.353 e. The van der Waals surface area contributed by atoms with E-state index < -0.39 is 35.9 Å². The van der Waals surface area contributed by atoms with Crippen LogP contribution >= 0.6 is 23.5 Å². The Morgan fingerprint density at radius 3 is 2.77 bits per heavy atom. The van der Waals surface area contributed by atoms with Gasteiger partial charge in [0.25, 0.3) is 5.91 Å². The van der Waals surface area contributed by atoms with Crippen LogP contribution < -0.4 is 11.1 Å². The molecular weight excluding hydrogens is 440 g/mol. The van der Waals surface area contributed by atoms with Gasteiger partial charge in [-0.2, -0.15) is 0 Å². The zero-order valence-corrected chi connectivity index (χ0v) is 17.9. The van der Waals surface area contributed by atoms with Gasteiger partial charge in [-0.1, -0.05) is 47.3 Å². The molecule has 0 bridgehead atoms. The van der Waals surface area contributed by atoms with Crippen LogP contribution in [0.5, 0.6) is 0 Å².